The number of carbonyl (C=O) groups excluding carboxylic acids is 1. The Balaban J connectivity index is 1.13. The predicted molar refractivity (Wildman–Crippen MR) is 212 cm³/mol. The number of aliphatic hydroxyl groups excluding tert-OH is 1. The lowest BCUT2D eigenvalue weighted by Gasteiger charge is -2.39. The first kappa shape index (κ1) is 38.9. The Kier molecular flexibility index (Phi) is 13.6. The number of amides is 1. The molecule has 1 saturated heterocycles. The zero-order valence-electron chi connectivity index (χ0n) is 31.3. The number of nitrogens with zero attached hydrogens (tertiary/aromatic N) is 1. The van der Waals surface area contributed by atoms with Crippen LogP contribution in [-0.2, 0) is 32.2 Å². The van der Waals surface area contributed by atoms with Gasteiger partial charge in [0.2, 0.25) is 5.91 Å². The van der Waals surface area contributed by atoms with Gasteiger partial charge in [-0.05, 0) is 77.0 Å². The van der Waals surface area contributed by atoms with Crippen molar-refractivity contribution >= 4 is 22.6 Å². The number of ether oxygens (including phenoxy) is 2. The van der Waals surface area contributed by atoms with E-state index < -0.39 is 12.3 Å². The summed E-state index contributed by atoms with van der Waals surface area (Å²) in [5, 5.41) is 24.0. The Labute approximate surface area is 318 Å². The fourth-order valence-electron chi connectivity index (χ4n) is 7.21. The fourth-order valence-corrected chi connectivity index (χ4v) is 7.21. The quantitative estimate of drug-likeness (QED) is 0.0820. The monoisotopic (exact) mass is 728 g/mol. The number of carboxylic acids is 1. The summed E-state index contributed by atoms with van der Waals surface area (Å²) in [6.45, 7) is 3.38. The van der Waals surface area contributed by atoms with E-state index in [2.05, 4.69) is 97.0 Å². The van der Waals surface area contributed by atoms with Crippen molar-refractivity contribution in [3.05, 3.63) is 143 Å². The number of carboxylic acid groups (broad SMARTS) is 1. The van der Waals surface area contributed by atoms with Crippen molar-refractivity contribution in [2.24, 2.45) is 0 Å². The van der Waals surface area contributed by atoms with Crippen LogP contribution in [-0.4, -0.2) is 46.7 Å². The van der Waals surface area contributed by atoms with Crippen LogP contribution in [0.5, 0.6) is 0 Å². The molecule has 1 heterocycles. The van der Waals surface area contributed by atoms with Crippen molar-refractivity contribution in [1.29, 1.82) is 0 Å². The summed E-state index contributed by atoms with van der Waals surface area (Å²) in [5.74, 6) is -0.778. The van der Waals surface area contributed by atoms with Crippen LogP contribution in [0, 0.1) is 0 Å². The molecule has 0 aliphatic carbocycles. The van der Waals surface area contributed by atoms with Crippen molar-refractivity contribution in [1.82, 2.24) is 10.2 Å². The molecular weight excluding hydrogens is 677 g/mol. The van der Waals surface area contributed by atoms with E-state index in [9.17, 15) is 14.7 Å². The highest BCUT2D eigenvalue weighted by Crippen LogP contribution is 2.39. The summed E-state index contributed by atoms with van der Waals surface area (Å²) in [5.41, 5.74) is 7.23. The van der Waals surface area contributed by atoms with Crippen LogP contribution in [0.3, 0.4) is 0 Å². The Morgan fingerprint density at radius 3 is 2.22 bits per heavy atom. The van der Waals surface area contributed by atoms with Gasteiger partial charge in [-0.25, -0.2) is 0 Å². The molecule has 3 N–H and O–H groups in total. The standard InChI is InChI=1S/C46H52N2O6/c1-32(38-26-21-34-11-7-8-12-39(34)27-38)48(2)30-41-28-43(36-19-17-33(31-49)18-20-36)54-46(53-41)37-24-22-35(23-25-37)42-14-10-9-13-40(42)29-47-44(50)15-5-3-4-6-16-45(51)52/h7-14,17-27,32,41,43,46,49H,3-6,15-16,28-31H2,1-2H3,(H,47,50)(H,51,52)/t32-,41-,43+,46+/m1/s1. The summed E-state index contributed by atoms with van der Waals surface area (Å²) >= 11 is 0. The lowest BCUT2D eigenvalue weighted by molar-refractivity contribution is -0.253. The molecule has 8 nitrogen and oxygen atoms in total. The van der Waals surface area contributed by atoms with Gasteiger partial charge in [-0.15, -0.1) is 0 Å². The number of hydrogen-bond acceptors (Lipinski definition) is 6. The van der Waals surface area contributed by atoms with Gasteiger partial charge >= 0.3 is 5.97 Å². The fraction of sp³-hybridized carbons (Fsp3) is 0.348. The van der Waals surface area contributed by atoms with Gasteiger partial charge in [-0.1, -0.05) is 122 Å². The summed E-state index contributed by atoms with van der Waals surface area (Å²) < 4.78 is 13.4. The second-order valence-corrected chi connectivity index (χ2v) is 14.4. The molecule has 1 fully saturated rings. The molecule has 6 rings (SSSR count). The lowest BCUT2D eigenvalue weighted by atomic mass is 9.97. The van der Waals surface area contributed by atoms with E-state index >= 15 is 0 Å². The van der Waals surface area contributed by atoms with E-state index in [1.165, 1.54) is 16.3 Å². The van der Waals surface area contributed by atoms with Crippen molar-refractivity contribution in [2.75, 3.05) is 13.6 Å². The number of hydrogen-bond donors (Lipinski definition) is 3. The molecule has 8 heteroatoms. The number of aliphatic carboxylic acids is 1. The number of unbranched alkanes of at least 4 members (excludes halogenated alkanes) is 3. The lowest BCUT2D eigenvalue weighted by Crippen LogP contribution is -2.38. The number of likely N-dealkylation sites (N-methyl/N-ethyl adjacent to an activating group) is 1. The second kappa shape index (κ2) is 18.9. The highest BCUT2D eigenvalue weighted by molar-refractivity contribution is 5.83. The Morgan fingerprint density at radius 1 is 0.796 bits per heavy atom. The predicted octanol–water partition coefficient (Wildman–Crippen LogP) is 9.28. The van der Waals surface area contributed by atoms with Crippen molar-refractivity contribution in [3.8, 4) is 11.1 Å². The average Bonchev–Trinajstić information content (AvgIpc) is 3.20. The molecule has 0 saturated carbocycles. The number of benzene rings is 5. The molecule has 0 radical (unpaired) electrons. The van der Waals surface area contributed by atoms with E-state index in [-0.39, 0.29) is 37.2 Å². The Hall–Kier alpha value is -4.86. The van der Waals surface area contributed by atoms with E-state index in [4.69, 9.17) is 14.6 Å². The van der Waals surface area contributed by atoms with E-state index in [1.807, 2.05) is 42.5 Å². The summed E-state index contributed by atoms with van der Waals surface area (Å²) in [4.78, 5) is 25.6. The molecule has 5 aromatic rings. The molecule has 0 spiro atoms. The third-order valence-corrected chi connectivity index (χ3v) is 10.6. The van der Waals surface area contributed by atoms with Crippen LogP contribution >= 0.6 is 0 Å². The maximum Gasteiger partial charge on any atom is 0.303 e. The molecule has 4 atom stereocenters. The summed E-state index contributed by atoms with van der Waals surface area (Å²) in [7, 11) is 2.15. The highest BCUT2D eigenvalue weighted by atomic mass is 16.7. The van der Waals surface area contributed by atoms with E-state index in [1.54, 1.807) is 0 Å². The molecule has 0 aromatic heterocycles. The number of aliphatic hydroxyl groups is 1. The molecule has 5 aromatic carbocycles. The van der Waals surface area contributed by atoms with Crippen molar-refractivity contribution in [3.63, 3.8) is 0 Å². The van der Waals surface area contributed by atoms with Crippen molar-refractivity contribution in [2.45, 2.75) is 89.6 Å². The van der Waals surface area contributed by atoms with Gasteiger partial charge in [0, 0.05) is 44.0 Å². The zero-order chi connectivity index (χ0) is 37.9. The Morgan fingerprint density at radius 2 is 1.48 bits per heavy atom. The molecule has 282 valence electrons. The smallest absolute Gasteiger partial charge is 0.303 e. The molecule has 1 aliphatic rings. The van der Waals surface area contributed by atoms with Gasteiger partial charge in [0.25, 0.3) is 0 Å². The first-order valence-corrected chi connectivity index (χ1v) is 19.1. The maximum atomic E-state index is 12.6. The molecule has 54 heavy (non-hydrogen) atoms. The number of nitrogens with one attached hydrogen (secondary N) is 1. The minimum atomic E-state index is -0.775. The van der Waals surface area contributed by atoms with Crippen LogP contribution in [0.25, 0.3) is 21.9 Å². The SMILES string of the molecule is C[C@H](c1ccc2ccccc2c1)N(C)C[C@H]1C[C@@H](c2ccc(CO)cc2)O[C@@H](c2ccc(-c3ccccc3CNC(=O)CCCCCCC(=O)O)cc2)O1. The average molecular weight is 729 g/mol. The van der Waals surface area contributed by atoms with Gasteiger partial charge < -0.3 is 25.0 Å². The van der Waals surface area contributed by atoms with Crippen molar-refractivity contribution < 1.29 is 29.3 Å². The second-order valence-electron chi connectivity index (χ2n) is 14.4. The Bertz CT molecular complexity index is 1980. The number of fused-ring (bicyclic) bond motifs is 1. The van der Waals surface area contributed by atoms with E-state index in [0.29, 0.717) is 25.8 Å². The number of rotatable bonds is 17. The normalized spacial score (nSPS) is 17.7. The van der Waals surface area contributed by atoms with Crippen LogP contribution in [0.2, 0.25) is 0 Å². The summed E-state index contributed by atoms with van der Waals surface area (Å²) in [6, 6.07) is 39.7. The third kappa shape index (κ3) is 10.4. The first-order valence-electron chi connectivity index (χ1n) is 19.1. The molecule has 1 amide bonds. The van der Waals surface area contributed by atoms with E-state index in [0.717, 1.165) is 59.2 Å². The minimum Gasteiger partial charge on any atom is -0.481 e. The van der Waals surface area contributed by atoms with Gasteiger partial charge in [0.15, 0.2) is 6.29 Å². The number of carbonyl (C=O) groups is 2. The first-order chi connectivity index (χ1) is 26.3. The largest absolute Gasteiger partial charge is 0.481 e. The van der Waals surface area contributed by atoms with Crippen LogP contribution in [0.1, 0.15) is 98.1 Å². The third-order valence-electron chi connectivity index (χ3n) is 10.6. The minimum absolute atomic E-state index is 0.00241. The topological polar surface area (TPSA) is 108 Å². The van der Waals surface area contributed by atoms with Crippen LogP contribution in [0.4, 0.5) is 0 Å². The van der Waals surface area contributed by atoms with Crippen LogP contribution < -0.4 is 5.32 Å². The molecular formula is C46H52N2O6. The van der Waals surface area contributed by atoms with Gasteiger partial charge in [0.1, 0.15) is 0 Å². The zero-order valence-corrected chi connectivity index (χ0v) is 31.3. The highest BCUT2D eigenvalue weighted by Gasteiger charge is 2.33. The molecule has 0 bridgehead atoms. The molecule has 1 aliphatic heterocycles. The molecule has 0 unspecified atom stereocenters. The maximum absolute atomic E-state index is 12.6. The van der Waals surface area contributed by atoms with Gasteiger partial charge in [-0.2, -0.15) is 0 Å². The van der Waals surface area contributed by atoms with Gasteiger partial charge in [0.05, 0.1) is 18.8 Å². The summed E-state index contributed by atoms with van der Waals surface area (Å²) in [6.07, 6.45) is 3.52. The van der Waals surface area contributed by atoms with Crippen LogP contribution in [0.15, 0.2) is 115 Å². The van der Waals surface area contributed by atoms with Gasteiger partial charge in [-0.3, -0.25) is 14.5 Å².